The molecule has 0 aliphatic carbocycles. The lowest BCUT2D eigenvalue weighted by atomic mass is 9.96. The molecule has 0 radical (unpaired) electrons. The monoisotopic (exact) mass is 273 g/mol. The molecule has 0 atom stereocenters. The summed E-state index contributed by atoms with van der Waals surface area (Å²) < 4.78 is 0. The van der Waals surface area contributed by atoms with Crippen molar-refractivity contribution in [3.8, 4) is 0 Å². The maximum absolute atomic E-state index is 5.86. The fourth-order valence-electron chi connectivity index (χ4n) is 1.58. The van der Waals surface area contributed by atoms with Gasteiger partial charge < -0.3 is 5.73 Å². The van der Waals surface area contributed by atoms with E-state index >= 15 is 0 Å². The number of nitrogens with two attached hydrogens (primary N) is 1. The molecule has 2 rings (SSSR count). The van der Waals surface area contributed by atoms with Crippen LogP contribution in [0.15, 0.2) is 41.4 Å². The Morgan fingerprint density at radius 1 is 1.11 bits per heavy atom. The number of nitrogen functional groups attached to an aromatic ring is 1. The topological polar surface area (TPSA) is 51.8 Å². The zero-order valence-electron chi connectivity index (χ0n) is 11.6. The third kappa shape index (κ3) is 3.96. The molecule has 0 unspecified atom stereocenters. The van der Waals surface area contributed by atoms with E-state index in [9.17, 15) is 0 Å². The molecule has 0 aliphatic heterocycles. The Labute approximate surface area is 118 Å². The summed E-state index contributed by atoms with van der Waals surface area (Å²) in [5, 5.41) is 0.932. The van der Waals surface area contributed by atoms with Crippen LogP contribution >= 0.6 is 11.8 Å². The highest BCUT2D eigenvalue weighted by molar-refractivity contribution is 7.98. The molecular formula is C15H19N3S. The summed E-state index contributed by atoms with van der Waals surface area (Å²) in [4.78, 5) is 8.91. The minimum absolute atomic E-state index is 0.0859. The van der Waals surface area contributed by atoms with Crippen molar-refractivity contribution in [2.75, 3.05) is 5.73 Å². The average molecular weight is 273 g/mol. The van der Waals surface area contributed by atoms with E-state index in [0.29, 0.717) is 5.82 Å². The number of anilines is 1. The van der Waals surface area contributed by atoms with Crippen LogP contribution in [-0.4, -0.2) is 9.97 Å². The second-order valence-corrected chi connectivity index (χ2v) is 6.47. The van der Waals surface area contributed by atoms with Crippen LogP contribution < -0.4 is 5.73 Å². The van der Waals surface area contributed by atoms with Gasteiger partial charge in [-0.2, -0.15) is 0 Å². The van der Waals surface area contributed by atoms with Crippen molar-refractivity contribution in [3.63, 3.8) is 0 Å². The van der Waals surface area contributed by atoms with E-state index in [2.05, 4.69) is 42.9 Å². The van der Waals surface area contributed by atoms with Gasteiger partial charge in [0.25, 0.3) is 0 Å². The first-order valence-electron chi connectivity index (χ1n) is 6.27. The minimum atomic E-state index is -0.0859. The zero-order valence-corrected chi connectivity index (χ0v) is 12.4. The summed E-state index contributed by atoms with van der Waals surface area (Å²) in [6.07, 6.45) is 0. The predicted octanol–water partition coefficient (Wildman–Crippen LogP) is 3.65. The molecule has 2 aromatic rings. The molecule has 0 amide bonds. The number of nitrogens with zero attached hydrogens (tertiary/aromatic N) is 2. The summed E-state index contributed by atoms with van der Waals surface area (Å²) >= 11 is 1.69. The molecule has 1 aromatic heterocycles. The Morgan fingerprint density at radius 2 is 1.79 bits per heavy atom. The van der Waals surface area contributed by atoms with Crippen molar-refractivity contribution in [1.82, 2.24) is 9.97 Å². The van der Waals surface area contributed by atoms with Crippen molar-refractivity contribution < 1.29 is 0 Å². The maximum Gasteiger partial charge on any atom is 0.137 e. The quantitative estimate of drug-likeness (QED) is 0.685. The van der Waals surface area contributed by atoms with E-state index in [-0.39, 0.29) is 5.41 Å². The van der Waals surface area contributed by atoms with Gasteiger partial charge in [0.1, 0.15) is 16.7 Å². The fraction of sp³-hybridized carbons (Fsp3) is 0.333. The predicted molar refractivity (Wildman–Crippen MR) is 81.1 cm³/mol. The maximum atomic E-state index is 5.86. The largest absolute Gasteiger partial charge is 0.384 e. The molecule has 1 heterocycles. The van der Waals surface area contributed by atoms with Crippen LogP contribution in [0, 0.1) is 0 Å². The van der Waals surface area contributed by atoms with Gasteiger partial charge >= 0.3 is 0 Å². The number of hydrogen-bond donors (Lipinski definition) is 1. The molecule has 0 spiro atoms. The smallest absolute Gasteiger partial charge is 0.137 e. The van der Waals surface area contributed by atoms with Crippen molar-refractivity contribution in [2.24, 2.45) is 0 Å². The Morgan fingerprint density at radius 3 is 2.42 bits per heavy atom. The fourth-order valence-corrected chi connectivity index (χ4v) is 2.45. The van der Waals surface area contributed by atoms with Crippen molar-refractivity contribution in [2.45, 2.75) is 37.0 Å². The van der Waals surface area contributed by atoms with E-state index in [0.717, 1.165) is 16.6 Å². The van der Waals surface area contributed by atoms with Crippen molar-refractivity contribution in [3.05, 3.63) is 47.8 Å². The van der Waals surface area contributed by atoms with Gasteiger partial charge in [-0.3, -0.25) is 0 Å². The van der Waals surface area contributed by atoms with Gasteiger partial charge in [-0.05, 0) is 5.56 Å². The number of rotatable bonds is 3. The van der Waals surface area contributed by atoms with Gasteiger partial charge in [0, 0.05) is 17.2 Å². The van der Waals surface area contributed by atoms with Gasteiger partial charge in [-0.25, -0.2) is 9.97 Å². The Bertz CT molecular complexity index is 547. The van der Waals surface area contributed by atoms with Gasteiger partial charge in [0.15, 0.2) is 0 Å². The standard InChI is InChI=1S/C15H19N3S/c1-15(2,3)14-17-12(16)9-13(18-14)19-10-11-7-5-4-6-8-11/h4-9H,10H2,1-3H3,(H2,16,17,18). The van der Waals surface area contributed by atoms with Crippen LogP contribution in [0.2, 0.25) is 0 Å². The molecule has 1 aromatic carbocycles. The molecule has 0 saturated heterocycles. The van der Waals surface area contributed by atoms with E-state index in [4.69, 9.17) is 5.73 Å². The summed E-state index contributed by atoms with van der Waals surface area (Å²) in [6.45, 7) is 6.27. The molecule has 4 heteroatoms. The highest BCUT2D eigenvalue weighted by atomic mass is 32.2. The van der Waals surface area contributed by atoms with Crippen LogP contribution in [0.25, 0.3) is 0 Å². The van der Waals surface area contributed by atoms with Gasteiger partial charge in [-0.15, -0.1) is 11.8 Å². The van der Waals surface area contributed by atoms with Gasteiger partial charge in [0.2, 0.25) is 0 Å². The first kappa shape index (κ1) is 13.9. The number of benzene rings is 1. The lowest BCUT2D eigenvalue weighted by Crippen LogP contribution is -2.17. The molecule has 0 saturated carbocycles. The Kier molecular flexibility index (Phi) is 4.10. The molecule has 3 nitrogen and oxygen atoms in total. The summed E-state index contributed by atoms with van der Waals surface area (Å²) in [6, 6.07) is 12.2. The van der Waals surface area contributed by atoms with Crippen molar-refractivity contribution in [1.29, 1.82) is 0 Å². The molecule has 2 N–H and O–H groups in total. The van der Waals surface area contributed by atoms with Crippen LogP contribution in [0.5, 0.6) is 0 Å². The van der Waals surface area contributed by atoms with Crippen LogP contribution in [0.4, 0.5) is 5.82 Å². The average Bonchev–Trinajstić information content (AvgIpc) is 2.36. The molecule has 19 heavy (non-hydrogen) atoms. The normalized spacial score (nSPS) is 11.5. The first-order chi connectivity index (χ1) is 8.95. The third-order valence-corrected chi connectivity index (χ3v) is 3.61. The van der Waals surface area contributed by atoms with E-state index in [1.54, 1.807) is 11.8 Å². The minimum Gasteiger partial charge on any atom is -0.384 e. The Balaban J connectivity index is 2.15. The van der Waals surface area contributed by atoms with E-state index < -0.39 is 0 Å². The number of hydrogen-bond acceptors (Lipinski definition) is 4. The van der Waals surface area contributed by atoms with Gasteiger partial charge in [-0.1, -0.05) is 51.1 Å². The van der Waals surface area contributed by atoms with E-state index in [1.165, 1.54) is 5.56 Å². The molecule has 0 bridgehead atoms. The molecule has 100 valence electrons. The summed E-state index contributed by atoms with van der Waals surface area (Å²) in [5.74, 6) is 2.22. The van der Waals surface area contributed by atoms with Crippen LogP contribution in [0.1, 0.15) is 32.2 Å². The summed E-state index contributed by atoms with van der Waals surface area (Å²) in [5.41, 5.74) is 7.05. The second-order valence-electron chi connectivity index (χ2n) is 5.48. The van der Waals surface area contributed by atoms with Gasteiger partial charge in [0.05, 0.1) is 0 Å². The third-order valence-electron chi connectivity index (χ3n) is 2.62. The SMILES string of the molecule is CC(C)(C)c1nc(N)cc(SCc2ccccc2)n1. The lowest BCUT2D eigenvalue weighted by Gasteiger charge is -2.17. The summed E-state index contributed by atoms with van der Waals surface area (Å²) in [7, 11) is 0. The first-order valence-corrected chi connectivity index (χ1v) is 7.25. The van der Waals surface area contributed by atoms with Crippen molar-refractivity contribution >= 4 is 17.6 Å². The second kappa shape index (κ2) is 5.61. The highest BCUT2D eigenvalue weighted by Gasteiger charge is 2.18. The van der Waals surface area contributed by atoms with Crippen LogP contribution in [0.3, 0.4) is 0 Å². The van der Waals surface area contributed by atoms with E-state index in [1.807, 2.05) is 24.3 Å². The number of aromatic nitrogens is 2. The highest BCUT2D eigenvalue weighted by Crippen LogP contribution is 2.26. The zero-order chi connectivity index (χ0) is 13.9. The Hall–Kier alpha value is -1.55. The molecular weight excluding hydrogens is 254 g/mol. The number of thioether (sulfide) groups is 1. The molecule has 0 fully saturated rings. The lowest BCUT2D eigenvalue weighted by molar-refractivity contribution is 0.540. The van der Waals surface area contributed by atoms with Crippen LogP contribution in [-0.2, 0) is 11.2 Å². The molecule has 0 aliphatic rings.